The number of hydrogen-bond acceptors (Lipinski definition) is 3. The largest absolute Gasteiger partial charge is 0.480 e. The lowest BCUT2D eigenvalue weighted by atomic mass is 10.2. The first-order valence-corrected chi connectivity index (χ1v) is 3.04. The van der Waals surface area contributed by atoms with Crippen molar-refractivity contribution in [1.82, 2.24) is 4.90 Å². The zero-order valence-electron chi connectivity index (χ0n) is 6.40. The van der Waals surface area contributed by atoms with Crippen molar-refractivity contribution in [1.29, 1.82) is 0 Å². The molecule has 0 aliphatic heterocycles. The number of carbonyl (C=O) groups is 1. The quantitative estimate of drug-likeness (QED) is 0.558. The Bertz CT molecular complexity index is 114. The van der Waals surface area contributed by atoms with E-state index in [-0.39, 0.29) is 0 Å². The molecule has 0 saturated heterocycles. The molecule has 0 aromatic rings. The Morgan fingerprint density at radius 3 is 1.90 bits per heavy atom. The van der Waals surface area contributed by atoms with Crippen LogP contribution < -0.4 is 0 Å². The summed E-state index contributed by atoms with van der Waals surface area (Å²) in [6, 6.07) is -0.806. The third-order valence-corrected chi connectivity index (χ3v) is 1.27. The highest BCUT2D eigenvalue weighted by molar-refractivity contribution is 5.74. The predicted octanol–water partition coefficient (Wildman–Crippen LogP) is -0.618. The van der Waals surface area contributed by atoms with E-state index in [0.29, 0.717) is 0 Å². The Kier molecular flexibility index (Phi) is 3.32. The van der Waals surface area contributed by atoms with Gasteiger partial charge >= 0.3 is 5.97 Å². The van der Waals surface area contributed by atoms with Gasteiger partial charge in [-0.25, -0.2) is 0 Å². The first kappa shape index (κ1) is 9.39. The monoisotopic (exact) mass is 147 g/mol. The average Bonchev–Trinajstić information content (AvgIpc) is 1.59. The lowest BCUT2D eigenvalue weighted by molar-refractivity contribution is -0.145. The summed E-state index contributed by atoms with van der Waals surface area (Å²) in [5, 5.41) is 17.4. The molecule has 0 aliphatic carbocycles. The van der Waals surface area contributed by atoms with Crippen molar-refractivity contribution >= 4 is 5.97 Å². The summed E-state index contributed by atoms with van der Waals surface area (Å²) in [5.74, 6) is -1.00. The third-order valence-electron chi connectivity index (χ3n) is 1.27. The minimum atomic E-state index is -1.00. The van der Waals surface area contributed by atoms with Crippen LogP contribution in [0.4, 0.5) is 0 Å². The number of carboxylic acids is 1. The van der Waals surface area contributed by atoms with Crippen LogP contribution >= 0.6 is 0 Å². The molecule has 0 fully saturated rings. The number of rotatable bonds is 3. The molecule has 0 aromatic heterocycles. The Morgan fingerprint density at radius 1 is 1.50 bits per heavy atom. The smallest absolute Gasteiger partial charge is 0.323 e. The average molecular weight is 147 g/mol. The Balaban J connectivity index is 4.12. The van der Waals surface area contributed by atoms with Crippen LogP contribution in [0.25, 0.3) is 0 Å². The molecule has 0 aliphatic rings. The molecule has 0 spiro atoms. The van der Waals surface area contributed by atoms with Gasteiger partial charge in [-0.2, -0.15) is 0 Å². The third kappa shape index (κ3) is 2.33. The van der Waals surface area contributed by atoms with Crippen molar-refractivity contribution in [3.05, 3.63) is 0 Å². The van der Waals surface area contributed by atoms with Crippen LogP contribution in [-0.2, 0) is 4.79 Å². The van der Waals surface area contributed by atoms with E-state index >= 15 is 0 Å². The van der Waals surface area contributed by atoms with Crippen LogP contribution in [0.3, 0.4) is 0 Å². The van der Waals surface area contributed by atoms with Gasteiger partial charge in [0.1, 0.15) is 6.04 Å². The SMILES string of the molecule is CC(O)C(C(=O)O)N(C)C. The molecule has 4 heteroatoms. The van der Waals surface area contributed by atoms with E-state index in [1.54, 1.807) is 14.1 Å². The molecule has 0 rings (SSSR count). The fourth-order valence-corrected chi connectivity index (χ4v) is 0.859. The van der Waals surface area contributed by atoms with Gasteiger partial charge in [0.05, 0.1) is 6.10 Å². The van der Waals surface area contributed by atoms with Gasteiger partial charge < -0.3 is 10.2 Å². The van der Waals surface area contributed by atoms with Crippen molar-refractivity contribution in [2.45, 2.75) is 19.1 Å². The summed E-state index contributed by atoms with van der Waals surface area (Å²) in [4.78, 5) is 11.8. The van der Waals surface area contributed by atoms with Crippen LogP contribution in [0, 0.1) is 0 Å². The molecule has 0 heterocycles. The molecule has 0 amide bonds. The minimum Gasteiger partial charge on any atom is -0.480 e. The van der Waals surface area contributed by atoms with Gasteiger partial charge in [-0.1, -0.05) is 0 Å². The van der Waals surface area contributed by atoms with E-state index in [4.69, 9.17) is 10.2 Å². The van der Waals surface area contributed by atoms with Gasteiger partial charge in [-0.05, 0) is 21.0 Å². The molecule has 2 unspecified atom stereocenters. The van der Waals surface area contributed by atoms with Crippen molar-refractivity contribution < 1.29 is 15.0 Å². The Hall–Kier alpha value is -0.610. The van der Waals surface area contributed by atoms with Gasteiger partial charge in [0.2, 0.25) is 0 Å². The summed E-state index contributed by atoms with van der Waals surface area (Å²) in [6.07, 6.45) is -0.840. The number of carboxylic acid groups (broad SMARTS) is 1. The molecule has 2 N–H and O–H groups in total. The van der Waals surface area contributed by atoms with Crippen molar-refractivity contribution in [3.63, 3.8) is 0 Å². The number of aliphatic hydroxyl groups is 1. The molecule has 0 bridgehead atoms. The first-order chi connectivity index (χ1) is 4.46. The lowest BCUT2D eigenvalue weighted by Gasteiger charge is -2.21. The second-order valence-corrected chi connectivity index (χ2v) is 2.49. The highest BCUT2D eigenvalue weighted by Crippen LogP contribution is 1.99. The summed E-state index contributed by atoms with van der Waals surface area (Å²) in [5.41, 5.74) is 0. The molecular weight excluding hydrogens is 134 g/mol. The first-order valence-electron chi connectivity index (χ1n) is 3.04. The van der Waals surface area contributed by atoms with E-state index in [1.165, 1.54) is 11.8 Å². The van der Waals surface area contributed by atoms with Gasteiger partial charge in [-0.3, -0.25) is 9.69 Å². The van der Waals surface area contributed by atoms with Crippen molar-refractivity contribution in [2.75, 3.05) is 14.1 Å². The van der Waals surface area contributed by atoms with E-state index in [2.05, 4.69) is 0 Å². The highest BCUT2D eigenvalue weighted by Gasteiger charge is 2.24. The second-order valence-electron chi connectivity index (χ2n) is 2.49. The van der Waals surface area contributed by atoms with E-state index < -0.39 is 18.1 Å². The zero-order chi connectivity index (χ0) is 8.31. The lowest BCUT2D eigenvalue weighted by Crippen LogP contribution is -2.43. The molecule has 4 nitrogen and oxygen atoms in total. The van der Waals surface area contributed by atoms with Crippen LogP contribution in [0.15, 0.2) is 0 Å². The number of likely N-dealkylation sites (N-methyl/N-ethyl adjacent to an activating group) is 1. The number of nitrogens with zero attached hydrogens (tertiary/aromatic N) is 1. The summed E-state index contributed by atoms with van der Waals surface area (Å²) >= 11 is 0. The fraction of sp³-hybridized carbons (Fsp3) is 0.833. The van der Waals surface area contributed by atoms with Gasteiger partial charge in [0.25, 0.3) is 0 Å². The van der Waals surface area contributed by atoms with Crippen LogP contribution in [0.2, 0.25) is 0 Å². The van der Waals surface area contributed by atoms with E-state index in [0.717, 1.165) is 0 Å². The molecular formula is C6H13NO3. The zero-order valence-corrected chi connectivity index (χ0v) is 6.40. The molecule has 0 aromatic carbocycles. The van der Waals surface area contributed by atoms with Crippen molar-refractivity contribution in [2.24, 2.45) is 0 Å². The topological polar surface area (TPSA) is 60.8 Å². The van der Waals surface area contributed by atoms with Crippen LogP contribution in [-0.4, -0.2) is 47.3 Å². The van der Waals surface area contributed by atoms with Crippen LogP contribution in [0.5, 0.6) is 0 Å². The predicted molar refractivity (Wildman–Crippen MR) is 36.8 cm³/mol. The standard InChI is InChI=1S/C6H13NO3/c1-4(8)5(6(9)10)7(2)3/h4-5,8H,1-3H3,(H,9,10). The van der Waals surface area contributed by atoms with Gasteiger partial charge in [0, 0.05) is 0 Å². The van der Waals surface area contributed by atoms with Gasteiger partial charge in [0.15, 0.2) is 0 Å². The normalized spacial score (nSPS) is 16.9. The van der Waals surface area contributed by atoms with Crippen LogP contribution in [0.1, 0.15) is 6.92 Å². The molecule has 0 radical (unpaired) electrons. The second kappa shape index (κ2) is 3.53. The highest BCUT2D eigenvalue weighted by atomic mass is 16.4. The Morgan fingerprint density at radius 2 is 1.90 bits per heavy atom. The maximum atomic E-state index is 10.4. The molecule has 0 saturated carbocycles. The molecule has 2 atom stereocenters. The van der Waals surface area contributed by atoms with E-state index in [1.807, 2.05) is 0 Å². The minimum absolute atomic E-state index is 0.806. The Labute approximate surface area is 60.1 Å². The maximum Gasteiger partial charge on any atom is 0.323 e. The summed E-state index contributed by atoms with van der Waals surface area (Å²) < 4.78 is 0. The molecule has 10 heavy (non-hydrogen) atoms. The summed E-state index contributed by atoms with van der Waals surface area (Å²) in [7, 11) is 3.23. The number of hydrogen-bond donors (Lipinski definition) is 2. The summed E-state index contributed by atoms with van der Waals surface area (Å²) in [6.45, 7) is 1.46. The van der Waals surface area contributed by atoms with Gasteiger partial charge in [-0.15, -0.1) is 0 Å². The molecule has 60 valence electrons. The number of aliphatic hydroxyl groups excluding tert-OH is 1. The fourth-order valence-electron chi connectivity index (χ4n) is 0.859. The maximum absolute atomic E-state index is 10.4. The number of aliphatic carboxylic acids is 1. The van der Waals surface area contributed by atoms with E-state index in [9.17, 15) is 4.79 Å². The van der Waals surface area contributed by atoms with Crippen molar-refractivity contribution in [3.8, 4) is 0 Å².